The van der Waals surface area contributed by atoms with E-state index in [4.69, 9.17) is 4.74 Å². The molecule has 4 heteroatoms. The first-order valence-corrected chi connectivity index (χ1v) is 7.01. The Bertz CT molecular complexity index is 393. The molecule has 0 saturated heterocycles. The largest absolute Gasteiger partial charge is 0.377 e. The average molecular weight is 318 g/mol. The van der Waals surface area contributed by atoms with Crippen molar-refractivity contribution >= 4 is 15.9 Å². The molecular weight excluding hydrogens is 297 g/mol. The number of hydrogen-bond acceptors (Lipinski definition) is 2. The van der Waals surface area contributed by atoms with Crippen molar-refractivity contribution in [2.75, 3.05) is 13.7 Å². The van der Waals surface area contributed by atoms with Crippen LogP contribution in [0.25, 0.3) is 0 Å². The minimum Gasteiger partial charge on any atom is -0.377 e. The van der Waals surface area contributed by atoms with Crippen LogP contribution in [0.3, 0.4) is 0 Å². The number of nitrogens with one attached hydrogen (secondary N) is 1. The van der Waals surface area contributed by atoms with Crippen molar-refractivity contribution in [2.24, 2.45) is 0 Å². The highest BCUT2D eigenvalue weighted by Gasteiger charge is 2.35. The Morgan fingerprint density at radius 3 is 2.61 bits per heavy atom. The van der Waals surface area contributed by atoms with E-state index in [2.05, 4.69) is 21.2 Å². The highest BCUT2D eigenvalue weighted by molar-refractivity contribution is 9.10. The molecule has 102 valence electrons. The zero-order chi connectivity index (χ0) is 13.8. The summed E-state index contributed by atoms with van der Waals surface area (Å²) in [6.07, 6.45) is 0.799. The smallest absolute Gasteiger partial charge is 0.142 e. The van der Waals surface area contributed by atoms with Gasteiger partial charge in [-0.05, 0) is 41.9 Å². The van der Waals surface area contributed by atoms with Gasteiger partial charge in [-0.3, -0.25) is 0 Å². The highest BCUT2D eigenvalue weighted by atomic mass is 79.9. The molecule has 0 saturated carbocycles. The fourth-order valence-electron chi connectivity index (χ4n) is 2.07. The van der Waals surface area contributed by atoms with Gasteiger partial charge in [0.15, 0.2) is 0 Å². The first kappa shape index (κ1) is 15.6. The van der Waals surface area contributed by atoms with Crippen LogP contribution in [0.15, 0.2) is 22.7 Å². The van der Waals surface area contributed by atoms with Crippen LogP contribution in [0.1, 0.15) is 38.8 Å². The summed E-state index contributed by atoms with van der Waals surface area (Å²) >= 11 is 3.23. The van der Waals surface area contributed by atoms with E-state index in [0.29, 0.717) is 10.0 Å². The number of hydrogen-bond donors (Lipinski definition) is 1. The van der Waals surface area contributed by atoms with E-state index >= 15 is 0 Å². The SMILES string of the molecule is CCNC(c1cccc(Br)c1F)C(C)(CC)OC. The van der Waals surface area contributed by atoms with Crippen molar-refractivity contribution in [2.45, 2.75) is 38.8 Å². The maximum absolute atomic E-state index is 14.2. The molecular formula is C14H21BrFNO. The van der Waals surface area contributed by atoms with Crippen molar-refractivity contribution in [3.05, 3.63) is 34.1 Å². The van der Waals surface area contributed by atoms with Crippen molar-refractivity contribution < 1.29 is 9.13 Å². The van der Waals surface area contributed by atoms with Crippen LogP contribution in [0.4, 0.5) is 4.39 Å². The Morgan fingerprint density at radius 1 is 1.44 bits per heavy atom. The number of methoxy groups -OCH3 is 1. The number of benzene rings is 1. The van der Waals surface area contributed by atoms with Crippen LogP contribution in [0.2, 0.25) is 0 Å². The van der Waals surface area contributed by atoms with Gasteiger partial charge >= 0.3 is 0 Å². The van der Waals surface area contributed by atoms with Crippen molar-refractivity contribution in [1.29, 1.82) is 0 Å². The van der Waals surface area contributed by atoms with Gasteiger partial charge in [0.25, 0.3) is 0 Å². The summed E-state index contributed by atoms with van der Waals surface area (Å²) in [6, 6.07) is 5.19. The summed E-state index contributed by atoms with van der Waals surface area (Å²) < 4.78 is 20.3. The topological polar surface area (TPSA) is 21.3 Å². The fraction of sp³-hybridized carbons (Fsp3) is 0.571. The molecule has 0 aliphatic carbocycles. The lowest BCUT2D eigenvalue weighted by atomic mass is 9.87. The normalized spacial score (nSPS) is 16.3. The van der Waals surface area contributed by atoms with E-state index in [0.717, 1.165) is 13.0 Å². The van der Waals surface area contributed by atoms with Crippen LogP contribution in [0, 0.1) is 5.82 Å². The molecule has 1 aromatic carbocycles. The maximum Gasteiger partial charge on any atom is 0.142 e. The standard InChI is InChI=1S/C14H21BrFNO/c1-5-14(3,18-4)13(17-6-2)10-8-7-9-11(15)12(10)16/h7-9,13,17H,5-6H2,1-4H3. The Kier molecular flexibility index (Phi) is 5.76. The Hall–Kier alpha value is -0.450. The molecule has 2 atom stereocenters. The molecule has 0 spiro atoms. The predicted octanol–water partition coefficient (Wildman–Crippen LogP) is 4.05. The molecule has 1 aromatic rings. The summed E-state index contributed by atoms with van der Waals surface area (Å²) in [5, 5.41) is 3.32. The molecule has 2 unspecified atom stereocenters. The Balaban J connectivity index is 3.23. The molecule has 0 amide bonds. The first-order chi connectivity index (χ1) is 8.50. The molecule has 0 bridgehead atoms. The van der Waals surface area contributed by atoms with E-state index in [1.165, 1.54) is 0 Å². The number of rotatable bonds is 6. The summed E-state index contributed by atoms with van der Waals surface area (Å²) in [4.78, 5) is 0. The van der Waals surface area contributed by atoms with Crippen LogP contribution < -0.4 is 5.32 Å². The molecule has 18 heavy (non-hydrogen) atoms. The summed E-state index contributed by atoms with van der Waals surface area (Å²) in [5.41, 5.74) is 0.204. The molecule has 0 heterocycles. The summed E-state index contributed by atoms with van der Waals surface area (Å²) in [5.74, 6) is -0.222. The quantitative estimate of drug-likeness (QED) is 0.854. The van der Waals surface area contributed by atoms with Gasteiger partial charge in [-0.2, -0.15) is 0 Å². The second kappa shape index (κ2) is 6.64. The lowest BCUT2D eigenvalue weighted by Crippen LogP contribution is -2.43. The minimum absolute atomic E-state index is 0.171. The Labute approximate surface area is 117 Å². The fourth-order valence-corrected chi connectivity index (χ4v) is 2.45. The van der Waals surface area contributed by atoms with Crippen LogP contribution in [-0.2, 0) is 4.74 Å². The molecule has 0 aliphatic heterocycles. The molecule has 0 fully saturated rings. The zero-order valence-corrected chi connectivity index (χ0v) is 13.0. The molecule has 0 aromatic heterocycles. The van der Waals surface area contributed by atoms with E-state index in [9.17, 15) is 4.39 Å². The van der Waals surface area contributed by atoms with E-state index in [1.807, 2.05) is 26.8 Å². The molecule has 0 aliphatic rings. The van der Waals surface area contributed by atoms with Crippen LogP contribution in [-0.4, -0.2) is 19.3 Å². The van der Waals surface area contributed by atoms with Gasteiger partial charge < -0.3 is 10.1 Å². The van der Waals surface area contributed by atoms with Gasteiger partial charge in [0.2, 0.25) is 0 Å². The minimum atomic E-state index is -0.433. The first-order valence-electron chi connectivity index (χ1n) is 6.22. The van der Waals surface area contributed by atoms with Gasteiger partial charge in [-0.25, -0.2) is 4.39 Å². The number of likely N-dealkylation sites (N-methyl/N-ethyl adjacent to an activating group) is 1. The van der Waals surface area contributed by atoms with Crippen LogP contribution >= 0.6 is 15.9 Å². The van der Waals surface area contributed by atoms with Gasteiger partial charge in [0, 0.05) is 12.7 Å². The van der Waals surface area contributed by atoms with Gasteiger partial charge in [-0.1, -0.05) is 26.0 Å². The maximum atomic E-state index is 14.2. The highest BCUT2D eigenvalue weighted by Crippen LogP contribution is 2.34. The zero-order valence-electron chi connectivity index (χ0n) is 11.4. The third-order valence-corrected chi connectivity index (χ3v) is 4.09. The molecule has 1 N–H and O–H groups in total. The van der Waals surface area contributed by atoms with E-state index in [-0.39, 0.29) is 11.9 Å². The van der Waals surface area contributed by atoms with E-state index in [1.54, 1.807) is 19.2 Å². The lowest BCUT2D eigenvalue weighted by molar-refractivity contribution is -0.0304. The predicted molar refractivity (Wildman–Crippen MR) is 76.2 cm³/mol. The number of ether oxygens (including phenoxy) is 1. The Morgan fingerprint density at radius 2 is 2.11 bits per heavy atom. The van der Waals surface area contributed by atoms with E-state index < -0.39 is 5.60 Å². The second-order valence-corrected chi connectivity index (χ2v) is 5.36. The molecule has 2 nitrogen and oxygen atoms in total. The molecule has 0 radical (unpaired) electrons. The van der Waals surface area contributed by atoms with Gasteiger partial charge in [0.05, 0.1) is 16.1 Å². The average Bonchev–Trinajstić information content (AvgIpc) is 2.39. The van der Waals surface area contributed by atoms with Crippen LogP contribution in [0.5, 0.6) is 0 Å². The van der Waals surface area contributed by atoms with Gasteiger partial charge in [-0.15, -0.1) is 0 Å². The van der Waals surface area contributed by atoms with Crippen molar-refractivity contribution in [1.82, 2.24) is 5.32 Å². The van der Waals surface area contributed by atoms with Crippen molar-refractivity contribution in [3.63, 3.8) is 0 Å². The van der Waals surface area contributed by atoms with Crippen molar-refractivity contribution in [3.8, 4) is 0 Å². The third-order valence-electron chi connectivity index (χ3n) is 3.48. The third kappa shape index (κ3) is 3.11. The lowest BCUT2D eigenvalue weighted by Gasteiger charge is -2.37. The summed E-state index contributed by atoms with van der Waals surface area (Å²) in [6.45, 7) is 6.81. The molecule has 1 rings (SSSR count). The second-order valence-electron chi connectivity index (χ2n) is 4.50. The van der Waals surface area contributed by atoms with Gasteiger partial charge in [0.1, 0.15) is 5.82 Å². The summed E-state index contributed by atoms with van der Waals surface area (Å²) in [7, 11) is 1.67. The number of halogens is 2. The monoisotopic (exact) mass is 317 g/mol.